The van der Waals surface area contributed by atoms with E-state index in [-0.39, 0.29) is 30.9 Å². The van der Waals surface area contributed by atoms with Crippen LogP contribution >= 0.6 is 23.4 Å². The summed E-state index contributed by atoms with van der Waals surface area (Å²) in [7, 11) is 0. The lowest BCUT2D eigenvalue weighted by molar-refractivity contribution is -0.113. The third-order valence-electron chi connectivity index (χ3n) is 4.61. The van der Waals surface area contributed by atoms with Gasteiger partial charge in [-0.25, -0.2) is 0 Å². The van der Waals surface area contributed by atoms with E-state index in [2.05, 4.69) is 20.8 Å². The minimum absolute atomic E-state index is 0.156. The lowest BCUT2D eigenvalue weighted by atomic mass is 10.2. The van der Waals surface area contributed by atoms with Crippen molar-refractivity contribution in [3.63, 3.8) is 0 Å². The lowest BCUT2D eigenvalue weighted by Gasteiger charge is -2.09. The Morgan fingerprint density at radius 3 is 2.69 bits per heavy atom. The number of halogens is 1. The lowest BCUT2D eigenvalue weighted by Crippen LogP contribution is -2.24. The topological polar surface area (TPSA) is 107 Å². The Bertz CT molecular complexity index is 1140. The first-order valence-corrected chi connectivity index (χ1v) is 11.2. The van der Waals surface area contributed by atoms with Crippen LogP contribution in [0.4, 0.5) is 5.69 Å². The number of hydrogen-bond donors (Lipinski definition) is 2. The van der Waals surface area contributed by atoms with Crippen molar-refractivity contribution >= 4 is 40.9 Å². The van der Waals surface area contributed by atoms with Crippen LogP contribution in [-0.2, 0) is 17.9 Å². The van der Waals surface area contributed by atoms with Crippen molar-refractivity contribution in [2.45, 2.75) is 25.2 Å². The van der Waals surface area contributed by atoms with E-state index < -0.39 is 0 Å². The second-order valence-corrected chi connectivity index (χ2v) is 8.12. The number of benzene rings is 2. The molecule has 4 rings (SSSR count). The molecule has 0 atom stereocenters. The molecule has 0 saturated heterocycles. The summed E-state index contributed by atoms with van der Waals surface area (Å²) in [4.78, 5) is 24.7. The molecule has 9 nitrogen and oxygen atoms in total. The van der Waals surface area contributed by atoms with Crippen molar-refractivity contribution < 1.29 is 19.1 Å². The molecule has 0 aliphatic carbocycles. The molecule has 0 bridgehead atoms. The van der Waals surface area contributed by atoms with Crippen LogP contribution in [0.5, 0.6) is 11.5 Å². The minimum atomic E-state index is -0.232. The molecule has 1 aliphatic rings. The highest BCUT2D eigenvalue weighted by molar-refractivity contribution is 7.99. The number of aromatic nitrogens is 3. The van der Waals surface area contributed by atoms with Crippen LogP contribution in [0.1, 0.15) is 23.1 Å². The molecule has 32 heavy (non-hydrogen) atoms. The van der Waals surface area contributed by atoms with E-state index in [0.717, 1.165) is 0 Å². The van der Waals surface area contributed by atoms with E-state index in [1.54, 1.807) is 42.5 Å². The summed E-state index contributed by atoms with van der Waals surface area (Å²) in [5.41, 5.74) is 1.13. The molecule has 166 valence electrons. The van der Waals surface area contributed by atoms with Crippen molar-refractivity contribution in [2.75, 3.05) is 17.9 Å². The molecule has 2 heterocycles. The van der Waals surface area contributed by atoms with Gasteiger partial charge < -0.3 is 24.7 Å². The van der Waals surface area contributed by atoms with Gasteiger partial charge in [0.15, 0.2) is 22.5 Å². The maximum atomic E-state index is 12.4. The zero-order chi connectivity index (χ0) is 22.5. The molecule has 0 unspecified atom stereocenters. The van der Waals surface area contributed by atoms with Crippen LogP contribution < -0.4 is 20.1 Å². The fourth-order valence-corrected chi connectivity index (χ4v) is 3.99. The zero-order valence-electron chi connectivity index (χ0n) is 17.1. The summed E-state index contributed by atoms with van der Waals surface area (Å²) in [6, 6.07) is 11.9. The van der Waals surface area contributed by atoms with Gasteiger partial charge in [-0.1, -0.05) is 23.4 Å². The molecule has 1 aliphatic heterocycles. The summed E-state index contributed by atoms with van der Waals surface area (Å²) in [5.74, 6) is 1.61. The van der Waals surface area contributed by atoms with Gasteiger partial charge in [-0.2, -0.15) is 0 Å². The van der Waals surface area contributed by atoms with E-state index in [1.165, 1.54) is 11.8 Å². The second kappa shape index (κ2) is 9.92. The van der Waals surface area contributed by atoms with Gasteiger partial charge in [-0.05, 0) is 43.3 Å². The maximum absolute atomic E-state index is 12.4. The summed E-state index contributed by atoms with van der Waals surface area (Å²) in [6.07, 6.45) is 0. The van der Waals surface area contributed by atoms with Crippen molar-refractivity contribution in [1.29, 1.82) is 0 Å². The Balaban J connectivity index is 1.32. The molecular formula is C21H20ClN5O4S. The van der Waals surface area contributed by atoms with Crippen LogP contribution in [0, 0.1) is 0 Å². The molecule has 0 fully saturated rings. The number of nitrogens with one attached hydrogen (secondary N) is 2. The van der Waals surface area contributed by atoms with E-state index in [1.807, 2.05) is 11.5 Å². The fraction of sp³-hybridized carbons (Fsp3) is 0.238. The highest BCUT2D eigenvalue weighted by Gasteiger charge is 2.16. The van der Waals surface area contributed by atoms with Crippen molar-refractivity contribution in [2.24, 2.45) is 0 Å². The van der Waals surface area contributed by atoms with Gasteiger partial charge >= 0.3 is 0 Å². The van der Waals surface area contributed by atoms with Gasteiger partial charge in [-0.3, -0.25) is 9.59 Å². The number of fused-ring (bicyclic) bond motifs is 1. The van der Waals surface area contributed by atoms with E-state index in [4.69, 9.17) is 21.1 Å². The normalized spacial score (nSPS) is 11.9. The van der Waals surface area contributed by atoms with Crippen molar-refractivity contribution in [1.82, 2.24) is 20.1 Å². The molecule has 2 amide bonds. The number of nitrogens with zero attached hydrogens (tertiary/aromatic N) is 3. The van der Waals surface area contributed by atoms with Crippen LogP contribution in [0.2, 0.25) is 5.02 Å². The molecular weight excluding hydrogens is 454 g/mol. The number of carbonyl (C=O) groups is 2. The Kier molecular flexibility index (Phi) is 6.81. The van der Waals surface area contributed by atoms with Crippen LogP contribution in [0.25, 0.3) is 0 Å². The van der Waals surface area contributed by atoms with Gasteiger partial charge in [-0.15, -0.1) is 10.2 Å². The number of anilines is 1. The van der Waals surface area contributed by atoms with Crippen molar-refractivity contribution in [3.8, 4) is 11.5 Å². The Morgan fingerprint density at radius 1 is 1.12 bits per heavy atom. The highest BCUT2D eigenvalue weighted by Crippen LogP contribution is 2.34. The Labute approximate surface area is 193 Å². The third-order valence-corrected chi connectivity index (χ3v) is 5.83. The quantitative estimate of drug-likeness (QED) is 0.483. The van der Waals surface area contributed by atoms with Crippen LogP contribution in [-0.4, -0.2) is 39.1 Å². The average molecular weight is 474 g/mol. The first-order chi connectivity index (χ1) is 15.5. The molecule has 1 aromatic heterocycles. The first kappa shape index (κ1) is 22.0. The van der Waals surface area contributed by atoms with Crippen LogP contribution in [0.15, 0.2) is 47.6 Å². The SMILES string of the molecule is CCn1c(CNC(=O)c2ccc(Cl)cc2)nnc1SCC(=O)Nc1ccc2c(c1)OCO2. The monoisotopic (exact) mass is 473 g/mol. The van der Waals surface area contributed by atoms with Gasteiger partial charge in [0.25, 0.3) is 5.91 Å². The van der Waals surface area contributed by atoms with E-state index >= 15 is 0 Å². The Hall–Kier alpha value is -3.24. The summed E-state index contributed by atoms with van der Waals surface area (Å²) >= 11 is 7.13. The molecule has 2 N–H and O–H groups in total. The molecule has 2 aromatic carbocycles. The van der Waals surface area contributed by atoms with Gasteiger partial charge in [0.05, 0.1) is 12.3 Å². The number of ether oxygens (including phenoxy) is 2. The number of thioether (sulfide) groups is 1. The standard InChI is InChI=1S/C21H20ClN5O4S/c1-2-27-18(10-23-20(29)13-3-5-14(22)6-4-13)25-26-21(27)32-11-19(28)24-15-7-8-16-17(9-15)31-12-30-16/h3-9H,2,10-12H2,1H3,(H,23,29)(H,24,28). The zero-order valence-corrected chi connectivity index (χ0v) is 18.7. The Morgan fingerprint density at radius 2 is 1.91 bits per heavy atom. The van der Waals surface area contributed by atoms with Crippen molar-refractivity contribution in [3.05, 3.63) is 58.9 Å². The summed E-state index contributed by atoms with van der Waals surface area (Å²) in [6.45, 7) is 2.94. The molecule has 0 radical (unpaired) electrons. The summed E-state index contributed by atoms with van der Waals surface area (Å²) < 4.78 is 12.4. The minimum Gasteiger partial charge on any atom is -0.454 e. The number of hydrogen-bond acceptors (Lipinski definition) is 7. The average Bonchev–Trinajstić information content (AvgIpc) is 3.42. The molecule has 3 aromatic rings. The maximum Gasteiger partial charge on any atom is 0.251 e. The number of rotatable bonds is 8. The molecule has 0 saturated carbocycles. The molecule has 11 heteroatoms. The second-order valence-electron chi connectivity index (χ2n) is 6.74. The van der Waals surface area contributed by atoms with Gasteiger partial charge in [0, 0.05) is 28.9 Å². The molecule has 0 spiro atoms. The smallest absolute Gasteiger partial charge is 0.251 e. The van der Waals surface area contributed by atoms with Crippen LogP contribution in [0.3, 0.4) is 0 Å². The predicted molar refractivity (Wildman–Crippen MR) is 120 cm³/mol. The predicted octanol–water partition coefficient (Wildman–Crippen LogP) is 3.34. The highest BCUT2D eigenvalue weighted by atomic mass is 35.5. The van der Waals surface area contributed by atoms with Gasteiger partial charge in [0.2, 0.25) is 12.7 Å². The largest absolute Gasteiger partial charge is 0.454 e. The van der Waals surface area contributed by atoms with Gasteiger partial charge in [0.1, 0.15) is 0 Å². The number of carbonyl (C=O) groups excluding carboxylic acids is 2. The first-order valence-electron chi connectivity index (χ1n) is 9.81. The van der Waals surface area contributed by atoms with E-state index in [9.17, 15) is 9.59 Å². The third kappa shape index (κ3) is 5.14. The fourth-order valence-electron chi connectivity index (χ4n) is 3.04. The van der Waals surface area contributed by atoms with E-state index in [0.29, 0.717) is 45.3 Å². The summed E-state index contributed by atoms with van der Waals surface area (Å²) in [5, 5.41) is 15.1. The number of amides is 2.